The summed E-state index contributed by atoms with van der Waals surface area (Å²) in [5.74, 6) is 0.987. The van der Waals surface area contributed by atoms with E-state index >= 15 is 0 Å². The lowest BCUT2D eigenvalue weighted by molar-refractivity contribution is -0.127. The highest BCUT2D eigenvalue weighted by Gasteiger charge is 2.28. The van der Waals surface area contributed by atoms with Crippen LogP contribution in [0.5, 0.6) is 5.75 Å². The monoisotopic (exact) mass is 370 g/mol. The maximum absolute atomic E-state index is 12.8. The lowest BCUT2D eigenvalue weighted by atomic mass is 10.0. The third-order valence-electron chi connectivity index (χ3n) is 5.19. The van der Waals surface area contributed by atoms with Gasteiger partial charge in [-0.05, 0) is 57.0 Å². The molecule has 6 heteroatoms. The molecule has 0 spiro atoms. The zero-order valence-electron chi connectivity index (χ0n) is 16.6. The summed E-state index contributed by atoms with van der Waals surface area (Å²) in [6.07, 6.45) is 3.17. The van der Waals surface area contributed by atoms with E-state index in [4.69, 9.17) is 4.74 Å². The summed E-state index contributed by atoms with van der Waals surface area (Å²) in [6.45, 7) is 7.09. The molecule has 0 bridgehead atoms. The summed E-state index contributed by atoms with van der Waals surface area (Å²) in [5, 5.41) is 7.56. The minimum Gasteiger partial charge on any atom is -0.497 e. The molecule has 3 rings (SSSR count). The number of carbonyl (C=O) groups excluding carboxylic acids is 1. The van der Waals surface area contributed by atoms with Gasteiger partial charge in [-0.1, -0.05) is 18.6 Å². The van der Waals surface area contributed by atoms with Gasteiger partial charge in [-0.15, -0.1) is 0 Å². The van der Waals surface area contributed by atoms with E-state index in [1.165, 1.54) is 5.56 Å². The summed E-state index contributed by atoms with van der Waals surface area (Å²) < 4.78 is 7.17. The van der Waals surface area contributed by atoms with Crippen molar-refractivity contribution in [2.24, 2.45) is 0 Å². The Hall–Kier alpha value is -2.34. The molecule has 1 fully saturated rings. The van der Waals surface area contributed by atoms with E-state index in [0.717, 1.165) is 49.5 Å². The van der Waals surface area contributed by atoms with Crippen LogP contribution in [0.15, 0.2) is 30.3 Å². The van der Waals surface area contributed by atoms with Crippen LogP contribution in [0.3, 0.4) is 0 Å². The van der Waals surface area contributed by atoms with Gasteiger partial charge in [0, 0.05) is 18.8 Å². The average Bonchev–Trinajstić information content (AvgIpc) is 3.00. The molecular formula is C21H30N4O2. The first-order valence-electron chi connectivity index (χ1n) is 9.72. The summed E-state index contributed by atoms with van der Waals surface area (Å²) >= 11 is 0. The lowest BCUT2D eigenvalue weighted by Crippen LogP contribution is -2.49. The molecule has 1 aliphatic rings. The molecule has 0 saturated carbocycles. The number of likely N-dealkylation sites (tertiary alicyclic amines) is 1. The number of aromatic nitrogens is 2. The molecule has 2 aromatic rings. The highest BCUT2D eigenvalue weighted by molar-refractivity contribution is 5.81. The fourth-order valence-electron chi connectivity index (χ4n) is 3.75. The van der Waals surface area contributed by atoms with Crippen LogP contribution in [0, 0.1) is 13.8 Å². The van der Waals surface area contributed by atoms with Crippen molar-refractivity contribution in [3.8, 4) is 5.75 Å². The Morgan fingerprint density at radius 1 is 1.26 bits per heavy atom. The second-order valence-corrected chi connectivity index (χ2v) is 7.27. The normalized spacial score (nSPS) is 17.7. The second kappa shape index (κ2) is 9.04. The highest BCUT2D eigenvalue weighted by Crippen LogP contribution is 2.21. The number of hydrogen-bond donors (Lipinski definition) is 1. The van der Waals surface area contributed by atoms with Crippen LogP contribution in [0.1, 0.15) is 36.2 Å². The van der Waals surface area contributed by atoms with E-state index in [1.54, 1.807) is 7.11 Å². The van der Waals surface area contributed by atoms with Gasteiger partial charge in [0.2, 0.25) is 5.91 Å². The Morgan fingerprint density at radius 3 is 2.70 bits per heavy atom. The standard InChI is InChI=1S/C21H30N4O2/c1-16-14-17(2)25(23-16)13-11-22-21(26)20-6-4-5-12-24(20)15-18-7-9-19(27-3)10-8-18/h7-10,14,20H,4-6,11-13,15H2,1-3H3,(H,22,26). The zero-order chi connectivity index (χ0) is 19.2. The van der Waals surface area contributed by atoms with Crippen molar-refractivity contribution in [3.63, 3.8) is 0 Å². The topological polar surface area (TPSA) is 59.4 Å². The van der Waals surface area contributed by atoms with Crippen molar-refractivity contribution < 1.29 is 9.53 Å². The Balaban J connectivity index is 1.55. The van der Waals surface area contributed by atoms with Crippen molar-refractivity contribution in [1.82, 2.24) is 20.0 Å². The second-order valence-electron chi connectivity index (χ2n) is 7.27. The molecule has 146 valence electrons. The number of benzene rings is 1. The predicted molar refractivity (Wildman–Crippen MR) is 106 cm³/mol. The maximum Gasteiger partial charge on any atom is 0.237 e. The van der Waals surface area contributed by atoms with Crippen LogP contribution in [0.4, 0.5) is 0 Å². The van der Waals surface area contributed by atoms with E-state index in [2.05, 4.69) is 33.5 Å². The smallest absolute Gasteiger partial charge is 0.237 e. The molecule has 1 aromatic carbocycles. The van der Waals surface area contributed by atoms with Crippen LogP contribution in [-0.2, 0) is 17.9 Å². The lowest BCUT2D eigenvalue weighted by Gasteiger charge is -2.34. The van der Waals surface area contributed by atoms with Crippen molar-refractivity contribution in [2.45, 2.75) is 52.2 Å². The maximum atomic E-state index is 12.8. The third-order valence-corrected chi connectivity index (χ3v) is 5.19. The van der Waals surface area contributed by atoms with E-state index in [9.17, 15) is 4.79 Å². The number of methoxy groups -OCH3 is 1. The molecule has 6 nitrogen and oxygen atoms in total. The van der Waals surface area contributed by atoms with E-state index in [0.29, 0.717) is 13.1 Å². The van der Waals surface area contributed by atoms with Gasteiger partial charge in [0.25, 0.3) is 0 Å². The molecule has 1 aliphatic heterocycles. The molecule has 27 heavy (non-hydrogen) atoms. The van der Waals surface area contributed by atoms with Crippen molar-refractivity contribution >= 4 is 5.91 Å². The fraction of sp³-hybridized carbons (Fsp3) is 0.524. The Kier molecular flexibility index (Phi) is 6.50. The number of rotatable bonds is 7. The van der Waals surface area contributed by atoms with Crippen LogP contribution >= 0.6 is 0 Å². The number of nitrogens with zero attached hydrogens (tertiary/aromatic N) is 3. The Morgan fingerprint density at radius 2 is 2.04 bits per heavy atom. The molecule has 0 radical (unpaired) electrons. The molecule has 1 atom stereocenters. The number of carbonyl (C=O) groups is 1. The van der Waals surface area contributed by atoms with Crippen LogP contribution in [0.25, 0.3) is 0 Å². The number of aryl methyl sites for hydroxylation is 2. The predicted octanol–water partition coefficient (Wildman–Crippen LogP) is 2.68. The van der Waals surface area contributed by atoms with Gasteiger partial charge in [0.1, 0.15) is 5.75 Å². The minimum absolute atomic E-state index is 0.0543. The first kappa shape index (κ1) is 19.4. The Labute approximate surface area is 161 Å². The van der Waals surface area contributed by atoms with Crippen LogP contribution < -0.4 is 10.1 Å². The third kappa shape index (κ3) is 5.10. The van der Waals surface area contributed by atoms with Gasteiger partial charge >= 0.3 is 0 Å². The van der Waals surface area contributed by atoms with Gasteiger partial charge in [0.05, 0.1) is 25.4 Å². The van der Waals surface area contributed by atoms with Gasteiger partial charge in [-0.25, -0.2) is 0 Å². The van der Waals surface area contributed by atoms with Gasteiger partial charge < -0.3 is 10.1 Å². The summed E-state index contributed by atoms with van der Waals surface area (Å²) in [7, 11) is 1.67. The van der Waals surface area contributed by atoms with Crippen molar-refractivity contribution in [3.05, 3.63) is 47.3 Å². The number of amides is 1. The molecular weight excluding hydrogens is 340 g/mol. The summed E-state index contributed by atoms with van der Waals surface area (Å²) in [4.78, 5) is 15.1. The first-order valence-corrected chi connectivity index (χ1v) is 9.72. The van der Waals surface area contributed by atoms with Gasteiger partial charge in [0.15, 0.2) is 0 Å². The highest BCUT2D eigenvalue weighted by atomic mass is 16.5. The first-order chi connectivity index (χ1) is 13.1. The van der Waals surface area contributed by atoms with E-state index in [-0.39, 0.29) is 11.9 Å². The number of piperidine rings is 1. The van der Waals surface area contributed by atoms with Crippen LogP contribution in [-0.4, -0.2) is 46.8 Å². The molecule has 0 aliphatic carbocycles. The Bertz CT molecular complexity index is 754. The van der Waals surface area contributed by atoms with E-state index < -0.39 is 0 Å². The molecule has 1 saturated heterocycles. The molecule has 1 amide bonds. The molecule has 1 aromatic heterocycles. The average molecular weight is 370 g/mol. The largest absolute Gasteiger partial charge is 0.497 e. The number of nitrogens with one attached hydrogen (secondary N) is 1. The SMILES string of the molecule is COc1ccc(CN2CCCCC2C(=O)NCCn2nc(C)cc2C)cc1. The molecule has 1 unspecified atom stereocenters. The van der Waals surface area contributed by atoms with Crippen molar-refractivity contribution in [2.75, 3.05) is 20.2 Å². The summed E-state index contributed by atoms with van der Waals surface area (Å²) in [5.41, 5.74) is 3.34. The number of ether oxygens (including phenoxy) is 1. The minimum atomic E-state index is -0.0543. The quantitative estimate of drug-likeness (QED) is 0.814. The number of hydrogen-bond acceptors (Lipinski definition) is 4. The fourth-order valence-corrected chi connectivity index (χ4v) is 3.75. The molecule has 1 N–H and O–H groups in total. The van der Waals surface area contributed by atoms with Crippen LogP contribution in [0.2, 0.25) is 0 Å². The molecule has 2 heterocycles. The summed E-state index contributed by atoms with van der Waals surface area (Å²) in [6, 6.07) is 10.1. The van der Waals surface area contributed by atoms with Gasteiger partial charge in [-0.2, -0.15) is 5.10 Å². The van der Waals surface area contributed by atoms with E-state index in [1.807, 2.05) is 30.7 Å². The zero-order valence-corrected chi connectivity index (χ0v) is 16.6. The van der Waals surface area contributed by atoms with Gasteiger partial charge in [-0.3, -0.25) is 14.4 Å². The van der Waals surface area contributed by atoms with Crippen molar-refractivity contribution in [1.29, 1.82) is 0 Å².